The highest BCUT2D eigenvalue weighted by Crippen LogP contribution is 2.36. The minimum atomic E-state index is -4.03. The number of carbonyl (C=O) groups excluding carboxylic acids is 1. The van der Waals surface area contributed by atoms with Crippen LogP contribution >= 0.6 is 15.9 Å². The molecule has 1 heterocycles. The lowest BCUT2D eigenvalue weighted by molar-refractivity contribution is -0.122. The lowest BCUT2D eigenvalue weighted by atomic mass is 10.2. The average Bonchev–Trinajstić information content (AvgIpc) is 2.55. The summed E-state index contributed by atoms with van der Waals surface area (Å²) >= 11 is 3.15. The molecule has 0 radical (unpaired) electrons. The van der Waals surface area contributed by atoms with Gasteiger partial charge in [0.05, 0.1) is 5.69 Å². The smallest absolute Gasteiger partial charge is 0.265 e. The molecule has 1 aliphatic rings. The van der Waals surface area contributed by atoms with Crippen LogP contribution in [0.4, 0.5) is 14.5 Å². The van der Waals surface area contributed by atoms with Crippen molar-refractivity contribution >= 4 is 37.5 Å². The van der Waals surface area contributed by atoms with E-state index in [-0.39, 0.29) is 33.1 Å². The SMILES string of the molecule is CC1Oc2cc(S(=O)(=O)NCc3ccc(F)cc3F)c(Br)cc2NC1=O. The van der Waals surface area contributed by atoms with Gasteiger partial charge < -0.3 is 10.1 Å². The molecule has 1 aliphatic heterocycles. The van der Waals surface area contributed by atoms with Crippen molar-refractivity contribution in [1.29, 1.82) is 0 Å². The normalized spacial score (nSPS) is 16.6. The third-order valence-corrected chi connectivity index (χ3v) is 6.08. The van der Waals surface area contributed by atoms with Gasteiger partial charge in [0.1, 0.15) is 22.3 Å². The average molecular weight is 447 g/mol. The second-order valence-corrected chi connectivity index (χ2v) is 8.18. The van der Waals surface area contributed by atoms with Gasteiger partial charge in [-0.05, 0) is 35.0 Å². The van der Waals surface area contributed by atoms with Crippen LogP contribution in [0.5, 0.6) is 5.75 Å². The number of nitrogens with one attached hydrogen (secondary N) is 2. The quantitative estimate of drug-likeness (QED) is 0.755. The standard InChI is InChI=1S/C16H13BrF2N2O4S/c1-8-16(22)21-13-5-11(17)15(6-14(13)25-8)26(23,24)20-7-9-2-3-10(18)4-12(9)19/h2-6,8,20H,7H2,1H3,(H,21,22). The second kappa shape index (κ2) is 6.93. The topological polar surface area (TPSA) is 84.5 Å². The van der Waals surface area contributed by atoms with Crippen LogP contribution in [0.1, 0.15) is 12.5 Å². The maximum absolute atomic E-state index is 13.7. The summed E-state index contributed by atoms with van der Waals surface area (Å²) in [6.07, 6.45) is -0.763. The summed E-state index contributed by atoms with van der Waals surface area (Å²) in [5.41, 5.74) is 0.338. The lowest BCUT2D eigenvalue weighted by Crippen LogP contribution is -2.34. The first-order valence-corrected chi connectivity index (χ1v) is 9.69. The van der Waals surface area contributed by atoms with Gasteiger partial charge in [0.15, 0.2) is 6.10 Å². The molecule has 0 saturated carbocycles. The van der Waals surface area contributed by atoms with Gasteiger partial charge in [-0.2, -0.15) is 0 Å². The highest BCUT2D eigenvalue weighted by Gasteiger charge is 2.27. The first-order valence-electron chi connectivity index (χ1n) is 7.42. The third kappa shape index (κ3) is 3.71. The lowest BCUT2D eigenvalue weighted by Gasteiger charge is -2.24. The molecular weight excluding hydrogens is 434 g/mol. The molecule has 6 nitrogen and oxygen atoms in total. The molecule has 0 aromatic heterocycles. The number of fused-ring (bicyclic) bond motifs is 1. The molecule has 0 spiro atoms. The zero-order chi connectivity index (χ0) is 19.1. The van der Waals surface area contributed by atoms with Crippen molar-refractivity contribution in [3.8, 4) is 5.75 Å². The number of sulfonamides is 1. The van der Waals surface area contributed by atoms with Crippen LogP contribution in [0.15, 0.2) is 39.7 Å². The van der Waals surface area contributed by atoms with Crippen molar-refractivity contribution in [2.75, 3.05) is 5.32 Å². The minimum absolute atomic E-state index is 0.00110. The van der Waals surface area contributed by atoms with Crippen molar-refractivity contribution in [1.82, 2.24) is 4.72 Å². The Hall–Kier alpha value is -2.04. The molecule has 138 valence electrons. The summed E-state index contributed by atoms with van der Waals surface area (Å²) in [6, 6.07) is 5.55. The van der Waals surface area contributed by atoms with E-state index in [0.717, 1.165) is 12.1 Å². The fourth-order valence-corrected chi connectivity index (χ4v) is 4.39. The van der Waals surface area contributed by atoms with Crippen LogP contribution in [0, 0.1) is 11.6 Å². The second-order valence-electron chi connectivity index (χ2n) is 5.59. The van der Waals surface area contributed by atoms with Crippen LogP contribution in [-0.4, -0.2) is 20.4 Å². The molecule has 0 saturated heterocycles. The van der Waals surface area contributed by atoms with E-state index in [0.29, 0.717) is 11.8 Å². The van der Waals surface area contributed by atoms with Gasteiger partial charge >= 0.3 is 0 Å². The first kappa shape index (κ1) is 18.7. The fourth-order valence-electron chi connectivity index (χ4n) is 2.33. The predicted molar refractivity (Wildman–Crippen MR) is 93.2 cm³/mol. The van der Waals surface area contributed by atoms with Crippen molar-refractivity contribution in [3.05, 3.63) is 52.0 Å². The Morgan fingerprint density at radius 1 is 1.27 bits per heavy atom. The molecule has 1 amide bonds. The van der Waals surface area contributed by atoms with E-state index in [9.17, 15) is 22.0 Å². The molecule has 1 unspecified atom stereocenters. The highest BCUT2D eigenvalue weighted by atomic mass is 79.9. The number of anilines is 1. The third-order valence-electron chi connectivity index (χ3n) is 3.72. The number of amides is 1. The van der Waals surface area contributed by atoms with Gasteiger partial charge in [0.25, 0.3) is 5.91 Å². The van der Waals surface area contributed by atoms with Crippen molar-refractivity contribution < 1.29 is 26.7 Å². The maximum Gasteiger partial charge on any atom is 0.265 e. The van der Waals surface area contributed by atoms with Gasteiger partial charge in [-0.25, -0.2) is 21.9 Å². The van der Waals surface area contributed by atoms with Crippen molar-refractivity contribution in [2.45, 2.75) is 24.5 Å². The molecule has 2 aromatic carbocycles. The van der Waals surface area contributed by atoms with E-state index in [2.05, 4.69) is 26.0 Å². The molecule has 0 fully saturated rings. The zero-order valence-electron chi connectivity index (χ0n) is 13.3. The zero-order valence-corrected chi connectivity index (χ0v) is 15.7. The Morgan fingerprint density at radius 3 is 2.69 bits per heavy atom. The molecule has 0 bridgehead atoms. The van der Waals surface area contributed by atoms with E-state index >= 15 is 0 Å². The number of hydrogen-bond donors (Lipinski definition) is 2. The van der Waals surface area contributed by atoms with Gasteiger partial charge in [-0.1, -0.05) is 6.07 Å². The molecule has 2 aromatic rings. The van der Waals surface area contributed by atoms with Crippen LogP contribution in [-0.2, 0) is 21.4 Å². The van der Waals surface area contributed by atoms with Crippen LogP contribution in [0.2, 0.25) is 0 Å². The Labute approximate surface area is 156 Å². The Bertz CT molecular complexity index is 998. The van der Waals surface area contributed by atoms with Gasteiger partial charge in [0.2, 0.25) is 10.0 Å². The molecule has 10 heteroatoms. The van der Waals surface area contributed by atoms with Gasteiger partial charge in [0, 0.05) is 28.7 Å². The number of ether oxygens (including phenoxy) is 1. The summed E-state index contributed by atoms with van der Waals surface area (Å²) in [7, 11) is -4.03. The van der Waals surface area contributed by atoms with Crippen LogP contribution < -0.4 is 14.8 Å². The van der Waals surface area contributed by atoms with Gasteiger partial charge in [-0.3, -0.25) is 4.79 Å². The summed E-state index contributed by atoms with van der Waals surface area (Å²) in [5, 5.41) is 2.61. The molecule has 26 heavy (non-hydrogen) atoms. The number of hydrogen-bond acceptors (Lipinski definition) is 4. The first-order chi connectivity index (χ1) is 12.2. The van der Waals surface area contributed by atoms with Crippen LogP contribution in [0.3, 0.4) is 0 Å². The van der Waals surface area contributed by atoms with E-state index < -0.39 is 27.8 Å². The summed E-state index contributed by atoms with van der Waals surface area (Å²) in [5.74, 6) is -1.74. The summed E-state index contributed by atoms with van der Waals surface area (Å²) in [4.78, 5) is 11.5. The molecular formula is C16H13BrF2N2O4S. The Kier molecular flexibility index (Phi) is 5.00. The predicted octanol–water partition coefficient (Wildman–Crippen LogP) is 2.93. The fraction of sp³-hybridized carbons (Fsp3) is 0.188. The monoisotopic (exact) mass is 446 g/mol. The molecule has 2 N–H and O–H groups in total. The molecule has 3 rings (SSSR count). The van der Waals surface area contributed by atoms with Crippen LogP contribution in [0.25, 0.3) is 0 Å². The van der Waals surface area contributed by atoms with E-state index in [1.807, 2.05) is 0 Å². The van der Waals surface area contributed by atoms with Gasteiger partial charge in [-0.15, -0.1) is 0 Å². The molecule has 0 aliphatic carbocycles. The number of benzene rings is 2. The summed E-state index contributed by atoms with van der Waals surface area (Å²) in [6.45, 7) is 1.18. The number of rotatable bonds is 4. The largest absolute Gasteiger partial charge is 0.479 e. The van der Waals surface area contributed by atoms with Crippen molar-refractivity contribution in [2.24, 2.45) is 0 Å². The maximum atomic E-state index is 13.7. The van der Waals surface area contributed by atoms with E-state index in [4.69, 9.17) is 4.74 Å². The number of carbonyl (C=O) groups is 1. The summed E-state index contributed by atoms with van der Waals surface area (Å²) < 4.78 is 59.6. The Balaban J connectivity index is 1.87. The van der Waals surface area contributed by atoms with Crippen molar-refractivity contribution in [3.63, 3.8) is 0 Å². The highest BCUT2D eigenvalue weighted by molar-refractivity contribution is 9.10. The number of halogens is 3. The molecule has 1 atom stereocenters. The Morgan fingerprint density at radius 2 is 2.00 bits per heavy atom. The van der Waals surface area contributed by atoms with E-state index in [1.54, 1.807) is 0 Å². The minimum Gasteiger partial charge on any atom is -0.479 e. The van der Waals surface area contributed by atoms with E-state index in [1.165, 1.54) is 19.1 Å².